The van der Waals surface area contributed by atoms with Gasteiger partial charge in [-0.05, 0) is 30.7 Å². The van der Waals surface area contributed by atoms with Gasteiger partial charge < -0.3 is 10.1 Å². The molecule has 1 unspecified atom stereocenters. The Morgan fingerprint density at radius 1 is 1.38 bits per heavy atom. The Morgan fingerprint density at radius 2 is 2.19 bits per heavy atom. The zero-order chi connectivity index (χ0) is 15.3. The van der Waals surface area contributed by atoms with Gasteiger partial charge >= 0.3 is 6.36 Å². The third-order valence-corrected chi connectivity index (χ3v) is 3.60. The maximum absolute atomic E-state index is 12.3. The average molecular weight is 316 g/mol. The number of hydrogen-bond donors (Lipinski definition) is 1. The topological polar surface area (TPSA) is 34.1 Å². The van der Waals surface area contributed by atoms with E-state index >= 15 is 0 Å². The second kappa shape index (κ2) is 6.91. The first kappa shape index (κ1) is 15.8. The van der Waals surface area contributed by atoms with Crippen molar-refractivity contribution in [1.29, 1.82) is 0 Å². The summed E-state index contributed by atoms with van der Waals surface area (Å²) in [5, 5.41) is 3.31. The third-order valence-electron chi connectivity index (χ3n) is 2.76. The molecule has 2 aromatic rings. The summed E-state index contributed by atoms with van der Waals surface area (Å²) in [6.07, 6.45) is -2.04. The SMILES string of the molecule is CCCNC(c1cccc(OC(F)(F)F)c1)c1cncs1. The number of hydrogen-bond acceptors (Lipinski definition) is 4. The summed E-state index contributed by atoms with van der Waals surface area (Å²) in [5.41, 5.74) is 2.42. The smallest absolute Gasteiger partial charge is 0.406 e. The van der Waals surface area contributed by atoms with E-state index in [-0.39, 0.29) is 11.8 Å². The highest BCUT2D eigenvalue weighted by Gasteiger charge is 2.31. The van der Waals surface area contributed by atoms with Crippen LogP contribution in [0.15, 0.2) is 36.0 Å². The Labute approximate surface area is 124 Å². The first-order valence-electron chi connectivity index (χ1n) is 6.47. The van der Waals surface area contributed by atoms with E-state index in [0.29, 0.717) is 0 Å². The van der Waals surface area contributed by atoms with Crippen LogP contribution >= 0.6 is 11.3 Å². The summed E-state index contributed by atoms with van der Waals surface area (Å²) in [4.78, 5) is 4.98. The molecular weight excluding hydrogens is 301 g/mol. The van der Waals surface area contributed by atoms with Crippen LogP contribution in [0.4, 0.5) is 13.2 Å². The lowest BCUT2D eigenvalue weighted by atomic mass is 10.1. The van der Waals surface area contributed by atoms with Crippen molar-refractivity contribution in [2.24, 2.45) is 0 Å². The molecule has 0 spiro atoms. The highest BCUT2D eigenvalue weighted by molar-refractivity contribution is 7.09. The van der Waals surface area contributed by atoms with Crippen molar-refractivity contribution in [1.82, 2.24) is 10.3 Å². The molecule has 7 heteroatoms. The molecule has 1 atom stereocenters. The fourth-order valence-electron chi connectivity index (χ4n) is 1.93. The van der Waals surface area contributed by atoms with Crippen LogP contribution in [0, 0.1) is 0 Å². The third kappa shape index (κ3) is 4.71. The zero-order valence-corrected chi connectivity index (χ0v) is 12.2. The molecule has 0 amide bonds. The monoisotopic (exact) mass is 316 g/mol. The number of halogens is 3. The summed E-state index contributed by atoms with van der Waals surface area (Å²) >= 11 is 1.46. The van der Waals surface area contributed by atoms with Gasteiger partial charge in [-0.15, -0.1) is 24.5 Å². The number of alkyl halides is 3. The Bertz CT molecular complexity index is 558. The molecule has 0 aliphatic rings. The van der Waals surface area contributed by atoms with Crippen LogP contribution in [-0.2, 0) is 0 Å². The van der Waals surface area contributed by atoms with Crippen molar-refractivity contribution in [2.45, 2.75) is 25.7 Å². The van der Waals surface area contributed by atoms with E-state index in [9.17, 15) is 13.2 Å². The van der Waals surface area contributed by atoms with Gasteiger partial charge in [0.2, 0.25) is 0 Å². The standard InChI is InChI=1S/C14H15F3N2OS/c1-2-6-19-13(12-8-18-9-21-12)10-4-3-5-11(7-10)20-14(15,16)17/h3-5,7-9,13,19H,2,6H2,1H3. The number of nitrogens with one attached hydrogen (secondary N) is 1. The molecule has 0 aliphatic heterocycles. The summed E-state index contributed by atoms with van der Waals surface area (Å²) in [6.45, 7) is 2.78. The van der Waals surface area contributed by atoms with Gasteiger partial charge in [-0.3, -0.25) is 4.98 Å². The summed E-state index contributed by atoms with van der Waals surface area (Å²) < 4.78 is 40.9. The van der Waals surface area contributed by atoms with E-state index < -0.39 is 6.36 Å². The van der Waals surface area contributed by atoms with Crippen LogP contribution in [0.25, 0.3) is 0 Å². The van der Waals surface area contributed by atoms with E-state index in [1.807, 2.05) is 6.92 Å². The molecule has 3 nitrogen and oxygen atoms in total. The van der Waals surface area contributed by atoms with E-state index in [2.05, 4.69) is 15.0 Å². The molecule has 0 radical (unpaired) electrons. The van der Waals surface area contributed by atoms with Crippen molar-refractivity contribution >= 4 is 11.3 Å². The lowest BCUT2D eigenvalue weighted by Crippen LogP contribution is -2.23. The minimum absolute atomic E-state index is 0.186. The molecule has 0 fully saturated rings. The van der Waals surface area contributed by atoms with Crippen molar-refractivity contribution < 1.29 is 17.9 Å². The normalized spacial score (nSPS) is 13.1. The summed E-state index contributed by atoms with van der Waals surface area (Å²) in [7, 11) is 0. The second-order valence-corrected chi connectivity index (χ2v) is 5.33. The van der Waals surface area contributed by atoms with E-state index in [0.717, 1.165) is 23.4 Å². The maximum Gasteiger partial charge on any atom is 0.573 e. The van der Waals surface area contributed by atoms with Crippen molar-refractivity contribution in [3.8, 4) is 5.75 Å². The molecule has 0 bridgehead atoms. The molecular formula is C14H15F3N2OS. The zero-order valence-electron chi connectivity index (χ0n) is 11.4. The number of nitrogens with zero attached hydrogens (tertiary/aromatic N) is 1. The van der Waals surface area contributed by atoms with Crippen LogP contribution in [0.5, 0.6) is 5.75 Å². The number of benzene rings is 1. The van der Waals surface area contributed by atoms with Crippen LogP contribution in [0.2, 0.25) is 0 Å². The Hall–Kier alpha value is -1.60. The van der Waals surface area contributed by atoms with Gasteiger partial charge in [-0.2, -0.15) is 0 Å². The minimum Gasteiger partial charge on any atom is -0.406 e. The first-order valence-corrected chi connectivity index (χ1v) is 7.35. The lowest BCUT2D eigenvalue weighted by molar-refractivity contribution is -0.274. The fraction of sp³-hybridized carbons (Fsp3) is 0.357. The Morgan fingerprint density at radius 3 is 2.81 bits per heavy atom. The maximum atomic E-state index is 12.3. The van der Waals surface area contributed by atoms with E-state index in [1.54, 1.807) is 23.8 Å². The van der Waals surface area contributed by atoms with Crippen LogP contribution in [-0.4, -0.2) is 17.9 Å². The summed E-state index contributed by atoms with van der Waals surface area (Å²) in [5.74, 6) is -0.215. The molecule has 1 heterocycles. The highest BCUT2D eigenvalue weighted by atomic mass is 32.1. The number of rotatable bonds is 6. The molecule has 1 aromatic carbocycles. The molecule has 114 valence electrons. The Balaban J connectivity index is 2.25. The van der Waals surface area contributed by atoms with Gasteiger partial charge in [0.15, 0.2) is 0 Å². The van der Waals surface area contributed by atoms with Gasteiger partial charge in [0.05, 0.1) is 11.6 Å². The molecule has 21 heavy (non-hydrogen) atoms. The van der Waals surface area contributed by atoms with Gasteiger partial charge in [0.25, 0.3) is 0 Å². The van der Waals surface area contributed by atoms with Crippen molar-refractivity contribution in [3.05, 3.63) is 46.4 Å². The Kier molecular flexibility index (Phi) is 5.19. The fourth-order valence-corrected chi connectivity index (χ4v) is 2.65. The van der Waals surface area contributed by atoms with Gasteiger partial charge in [0.1, 0.15) is 5.75 Å². The van der Waals surface area contributed by atoms with Crippen LogP contribution < -0.4 is 10.1 Å². The molecule has 1 aromatic heterocycles. The number of thiazole rings is 1. The van der Waals surface area contributed by atoms with Gasteiger partial charge in [-0.25, -0.2) is 0 Å². The molecule has 0 saturated carbocycles. The predicted octanol–water partition coefficient (Wildman–Crippen LogP) is 4.13. The molecule has 0 saturated heterocycles. The van der Waals surface area contributed by atoms with E-state index in [1.165, 1.54) is 23.5 Å². The number of aromatic nitrogens is 1. The lowest BCUT2D eigenvalue weighted by Gasteiger charge is -2.18. The van der Waals surface area contributed by atoms with E-state index in [4.69, 9.17) is 0 Å². The minimum atomic E-state index is -4.69. The molecule has 0 aliphatic carbocycles. The van der Waals surface area contributed by atoms with Crippen molar-refractivity contribution in [3.63, 3.8) is 0 Å². The highest BCUT2D eigenvalue weighted by Crippen LogP contribution is 2.29. The first-order chi connectivity index (χ1) is 9.99. The largest absolute Gasteiger partial charge is 0.573 e. The number of ether oxygens (including phenoxy) is 1. The van der Waals surface area contributed by atoms with Gasteiger partial charge in [0, 0.05) is 11.1 Å². The predicted molar refractivity (Wildman–Crippen MR) is 75.4 cm³/mol. The summed E-state index contributed by atoms with van der Waals surface area (Å²) in [6, 6.07) is 5.84. The van der Waals surface area contributed by atoms with Crippen LogP contribution in [0.1, 0.15) is 29.8 Å². The van der Waals surface area contributed by atoms with Gasteiger partial charge in [-0.1, -0.05) is 19.1 Å². The average Bonchev–Trinajstić information content (AvgIpc) is 2.91. The van der Waals surface area contributed by atoms with Crippen LogP contribution in [0.3, 0.4) is 0 Å². The molecule has 1 N–H and O–H groups in total. The quantitative estimate of drug-likeness (QED) is 0.870. The second-order valence-electron chi connectivity index (χ2n) is 4.41. The van der Waals surface area contributed by atoms with Crippen molar-refractivity contribution in [2.75, 3.05) is 6.54 Å². The molecule has 2 rings (SSSR count).